The molecule has 1 aromatic heterocycles. The second-order valence-corrected chi connectivity index (χ2v) is 7.75. The van der Waals surface area contributed by atoms with E-state index in [2.05, 4.69) is 27.5 Å². The average Bonchev–Trinajstić information content (AvgIpc) is 2.98. The number of hydrogen-bond acceptors (Lipinski definition) is 5. The van der Waals surface area contributed by atoms with Crippen molar-refractivity contribution in [3.8, 4) is 0 Å². The van der Waals surface area contributed by atoms with Gasteiger partial charge in [0.1, 0.15) is 0 Å². The molecule has 1 amide bonds. The first-order chi connectivity index (χ1) is 10.8. The van der Waals surface area contributed by atoms with E-state index >= 15 is 0 Å². The third-order valence-electron chi connectivity index (χ3n) is 5.04. The molecule has 1 saturated heterocycles. The first-order valence-electron chi connectivity index (χ1n) is 8.50. The van der Waals surface area contributed by atoms with E-state index in [1.807, 2.05) is 13.8 Å². The van der Waals surface area contributed by atoms with Crippen molar-refractivity contribution >= 4 is 22.4 Å². The number of carbonyl (C=O) groups excluding carboxylic acids is 1. The third kappa shape index (κ3) is 4.67. The summed E-state index contributed by atoms with van der Waals surface area (Å²) in [4.78, 5) is 19.1. The summed E-state index contributed by atoms with van der Waals surface area (Å²) in [6.07, 6.45) is 2.58. The molecule has 2 unspecified atom stereocenters. The Bertz CT molecular complexity index is 522. The van der Waals surface area contributed by atoms with Gasteiger partial charge in [0.15, 0.2) is 5.13 Å². The number of rotatable bonds is 6. The molecule has 0 aliphatic carbocycles. The van der Waals surface area contributed by atoms with Crippen LogP contribution in [0.4, 0.5) is 5.13 Å². The van der Waals surface area contributed by atoms with E-state index in [-0.39, 0.29) is 17.7 Å². The fourth-order valence-electron chi connectivity index (χ4n) is 2.84. The van der Waals surface area contributed by atoms with Gasteiger partial charge in [-0.3, -0.25) is 4.79 Å². The summed E-state index contributed by atoms with van der Waals surface area (Å²) in [6.45, 7) is 9.93. The number of piperidine rings is 1. The van der Waals surface area contributed by atoms with Gasteiger partial charge >= 0.3 is 0 Å². The molecule has 2 atom stereocenters. The van der Waals surface area contributed by atoms with Gasteiger partial charge in [0, 0.05) is 30.9 Å². The maximum Gasteiger partial charge on any atom is 0.223 e. The highest BCUT2D eigenvalue weighted by molar-refractivity contribution is 7.13. The van der Waals surface area contributed by atoms with Gasteiger partial charge in [0.25, 0.3) is 0 Å². The van der Waals surface area contributed by atoms with Crippen molar-refractivity contribution in [1.29, 1.82) is 0 Å². The van der Waals surface area contributed by atoms with Crippen LogP contribution in [-0.4, -0.2) is 41.2 Å². The summed E-state index contributed by atoms with van der Waals surface area (Å²) in [7, 11) is 0. The van der Waals surface area contributed by atoms with Crippen LogP contribution in [0.3, 0.4) is 0 Å². The summed E-state index contributed by atoms with van der Waals surface area (Å²) >= 11 is 1.67. The van der Waals surface area contributed by atoms with Crippen molar-refractivity contribution in [3.05, 3.63) is 11.1 Å². The maximum atomic E-state index is 12.3. The zero-order valence-corrected chi connectivity index (χ0v) is 15.4. The minimum Gasteiger partial charge on any atom is -0.388 e. The van der Waals surface area contributed by atoms with E-state index in [4.69, 9.17) is 0 Å². The number of hydrogen-bond donors (Lipinski definition) is 2. The van der Waals surface area contributed by atoms with Gasteiger partial charge in [-0.15, -0.1) is 11.3 Å². The standard InChI is InChI=1S/C17H29N3O2S/c1-5-12(2)17(4,22)11-18-15(21)14-6-8-20(9-7-14)16-19-13(3)10-23-16/h10,12,14,22H,5-9,11H2,1-4H3,(H,18,21). The van der Waals surface area contributed by atoms with Gasteiger partial charge in [0.2, 0.25) is 5.91 Å². The molecule has 5 nitrogen and oxygen atoms in total. The molecule has 2 N–H and O–H groups in total. The van der Waals surface area contributed by atoms with Crippen LogP contribution in [0.5, 0.6) is 0 Å². The van der Waals surface area contributed by atoms with Crippen LogP contribution in [0.15, 0.2) is 5.38 Å². The molecule has 1 aliphatic heterocycles. The van der Waals surface area contributed by atoms with Gasteiger partial charge in [-0.1, -0.05) is 20.3 Å². The number of anilines is 1. The number of aryl methyl sites for hydroxylation is 1. The molecule has 0 saturated carbocycles. The summed E-state index contributed by atoms with van der Waals surface area (Å²) in [5.74, 6) is 0.279. The molecule has 23 heavy (non-hydrogen) atoms. The highest BCUT2D eigenvalue weighted by atomic mass is 32.1. The predicted octanol–water partition coefficient (Wildman–Crippen LogP) is 2.58. The van der Waals surface area contributed by atoms with Crippen LogP contribution in [0.25, 0.3) is 0 Å². The first kappa shape index (κ1) is 18.2. The average molecular weight is 340 g/mol. The number of aromatic nitrogens is 1. The highest BCUT2D eigenvalue weighted by Crippen LogP contribution is 2.26. The van der Waals surface area contributed by atoms with E-state index in [1.54, 1.807) is 18.3 Å². The highest BCUT2D eigenvalue weighted by Gasteiger charge is 2.30. The van der Waals surface area contributed by atoms with Gasteiger partial charge in [-0.05, 0) is 32.6 Å². The Kier molecular flexibility index (Phi) is 6.03. The molecule has 0 radical (unpaired) electrons. The molecule has 1 fully saturated rings. The van der Waals surface area contributed by atoms with Crippen molar-refractivity contribution < 1.29 is 9.90 Å². The Hall–Kier alpha value is -1.14. The maximum absolute atomic E-state index is 12.3. The molecule has 0 spiro atoms. The molecule has 2 heterocycles. The van der Waals surface area contributed by atoms with Crippen molar-refractivity contribution in [2.75, 3.05) is 24.5 Å². The lowest BCUT2D eigenvalue weighted by molar-refractivity contribution is -0.127. The Labute approximate surface area is 143 Å². The topological polar surface area (TPSA) is 65.5 Å². The SMILES string of the molecule is CCC(C)C(C)(O)CNC(=O)C1CCN(c2nc(C)cs2)CC1. The summed E-state index contributed by atoms with van der Waals surface area (Å²) in [5.41, 5.74) is 0.209. The van der Waals surface area contributed by atoms with Crippen LogP contribution in [0.1, 0.15) is 45.7 Å². The monoisotopic (exact) mass is 339 g/mol. The fourth-order valence-corrected chi connectivity index (χ4v) is 3.70. The largest absolute Gasteiger partial charge is 0.388 e. The van der Waals surface area contributed by atoms with E-state index in [1.165, 1.54) is 0 Å². The van der Waals surface area contributed by atoms with E-state index in [0.29, 0.717) is 6.54 Å². The van der Waals surface area contributed by atoms with Crippen molar-refractivity contribution in [2.45, 2.75) is 52.6 Å². The molecule has 0 bridgehead atoms. The molecule has 2 rings (SSSR count). The van der Waals surface area contributed by atoms with E-state index in [9.17, 15) is 9.90 Å². The van der Waals surface area contributed by atoms with Crippen molar-refractivity contribution in [3.63, 3.8) is 0 Å². The lowest BCUT2D eigenvalue weighted by atomic mass is 9.88. The van der Waals surface area contributed by atoms with Crippen LogP contribution >= 0.6 is 11.3 Å². The smallest absolute Gasteiger partial charge is 0.223 e. The molecular weight excluding hydrogens is 310 g/mol. The number of amides is 1. The number of carbonyl (C=O) groups is 1. The fraction of sp³-hybridized carbons (Fsp3) is 0.765. The van der Waals surface area contributed by atoms with Gasteiger partial charge < -0.3 is 15.3 Å². The van der Waals surface area contributed by atoms with Crippen molar-refractivity contribution in [1.82, 2.24) is 10.3 Å². The normalized spacial score (nSPS) is 20.1. The predicted molar refractivity (Wildman–Crippen MR) is 94.9 cm³/mol. The number of nitrogens with one attached hydrogen (secondary N) is 1. The van der Waals surface area contributed by atoms with Crippen LogP contribution in [-0.2, 0) is 4.79 Å². The summed E-state index contributed by atoms with van der Waals surface area (Å²) in [5, 5.41) is 16.5. The number of nitrogens with zero attached hydrogens (tertiary/aromatic N) is 2. The first-order valence-corrected chi connectivity index (χ1v) is 9.38. The minimum atomic E-state index is -0.844. The van der Waals surface area contributed by atoms with E-state index in [0.717, 1.165) is 43.2 Å². The number of thiazole rings is 1. The van der Waals surface area contributed by atoms with Crippen molar-refractivity contribution in [2.24, 2.45) is 11.8 Å². The molecule has 0 aromatic carbocycles. The van der Waals surface area contributed by atoms with Gasteiger partial charge in [0.05, 0.1) is 11.3 Å². The van der Waals surface area contributed by atoms with Crippen LogP contribution in [0.2, 0.25) is 0 Å². The zero-order valence-electron chi connectivity index (χ0n) is 14.6. The molecule has 130 valence electrons. The molecule has 6 heteroatoms. The number of aliphatic hydroxyl groups is 1. The summed E-state index contributed by atoms with van der Waals surface area (Å²) < 4.78 is 0. The Morgan fingerprint density at radius 3 is 2.74 bits per heavy atom. The molecule has 1 aromatic rings. The quantitative estimate of drug-likeness (QED) is 0.836. The van der Waals surface area contributed by atoms with Gasteiger partial charge in [-0.25, -0.2) is 4.98 Å². The summed E-state index contributed by atoms with van der Waals surface area (Å²) in [6, 6.07) is 0. The Morgan fingerprint density at radius 2 is 2.22 bits per heavy atom. The molecule has 1 aliphatic rings. The second-order valence-electron chi connectivity index (χ2n) is 6.92. The zero-order chi connectivity index (χ0) is 17.0. The lowest BCUT2D eigenvalue weighted by Crippen LogP contribution is -2.48. The second kappa shape index (κ2) is 7.62. The Balaban J connectivity index is 1.79. The third-order valence-corrected chi connectivity index (χ3v) is 6.06. The van der Waals surface area contributed by atoms with E-state index < -0.39 is 5.60 Å². The lowest BCUT2D eigenvalue weighted by Gasteiger charge is -2.33. The Morgan fingerprint density at radius 1 is 1.57 bits per heavy atom. The van der Waals surface area contributed by atoms with Gasteiger partial charge in [-0.2, -0.15) is 0 Å². The van der Waals surface area contributed by atoms with Crippen LogP contribution < -0.4 is 10.2 Å². The minimum absolute atomic E-state index is 0.0417. The molecular formula is C17H29N3O2S. The van der Waals surface area contributed by atoms with Crippen LogP contribution in [0, 0.1) is 18.8 Å².